The number of aromatic nitrogens is 1. The van der Waals surface area contributed by atoms with Gasteiger partial charge in [0.15, 0.2) is 11.5 Å². The van der Waals surface area contributed by atoms with Crippen molar-refractivity contribution < 1.29 is 14.4 Å². The van der Waals surface area contributed by atoms with Gasteiger partial charge in [-0.15, -0.1) is 11.3 Å². The minimum atomic E-state index is -0.418. The maximum atomic E-state index is 10.9. The summed E-state index contributed by atoms with van der Waals surface area (Å²) >= 11 is 4.96. The molecule has 0 saturated heterocycles. The van der Waals surface area contributed by atoms with Crippen molar-refractivity contribution in [1.82, 2.24) is 4.98 Å². The maximum absolute atomic E-state index is 10.9. The molecule has 8 heteroatoms. The molecule has 0 saturated carbocycles. The molecule has 0 spiro atoms. The van der Waals surface area contributed by atoms with Crippen LogP contribution in [0.25, 0.3) is 22.4 Å². The first kappa shape index (κ1) is 18.3. The Balaban J connectivity index is 1.92. The second-order valence-electron chi connectivity index (χ2n) is 5.26. The van der Waals surface area contributed by atoms with Crippen molar-refractivity contribution in [1.29, 1.82) is 0 Å². The van der Waals surface area contributed by atoms with Gasteiger partial charge in [-0.05, 0) is 52.7 Å². The molecule has 0 aliphatic rings. The first-order chi connectivity index (χ1) is 12.5. The van der Waals surface area contributed by atoms with E-state index in [1.807, 2.05) is 31.2 Å². The molecule has 0 amide bonds. The van der Waals surface area contributed by atoms with Crippen LogP contribution in [0.1, 0.15) is 17.5 Å². The number of hydrogen-bond acceptors (Lipinski definition) is 6. The van der Waals surface area contributed by atoms with Crippen molar-refractivity contribution in [3.05, 3.63) is 55.5 Å². The number of hydrogen-bond donors (Lipinski definition) is 0. The lowest BCUT2D eigenvalue weighted by atomic mass is 10.2. The Hall–Kier alpha value is -2.45. The van der Waals surface area contributed by atoms with Crippen LogP contribution in [0.15, 0.2) is 34.8 Å². The van der Waals surface area contributed by atoms with E-state index in [-0.39, 0.29) is 5.69 Å². The normalized spacial score (nSPS) is 11.2. The number of rotatable bonds is 6. The van der Waals surface area contributed by atoms with E-state index in [1.165, 1.54) is 23.5 Å². The number of nitro groups is 1. The SMILES string of the molecule is CCOc1cc(/C=C/c2nc3cc([N+](=O)[O-])ccc3s2)cc(Br)c1OC. The molecule has 0 atom stereocenters. The van der Waals surface area contributed by atoms with E-state index in [9.17, 15) is 10.1 Å². The van der Waals surface area contributed by atoms with Crippen molar-refractivity contribution in [2.75, 3.05) is 13.7 Å². The highest BCUT2D eigenvalue weighted by Crippen LogP contribution is 2.37. The predicted molar refractivity (Wildman–Crippen MR) is 107 cm³/mol. The third-order valence-electron chi connectivity index (χ3n) is 3.55. The zero-order valence-electron chi connectivity index (χ0n) is 14.1. The van der Waals surface area contributed by atoms with E-state index in [0.717, 1.165) is 19.7 Å². The smallest absolute Gasteiger partial charge is 0.271 e. The Morgan fingerprint density at radius 1 is 1.31 bits per heavy atom. The molecule has 2 aromatic carbocycles. The summed E-state index contributed by atoms with van der Waals surface area (Å²) in [6.45, 7) is 2.45. The third-order valence-corrected chi connectivity index (χ3v) is 5.14. The average molecular weight is 435 g/mol. The van der Waals surface area contributed by atoms with Crippen molar-refractivity contribution in [2.24, 2.45) is 0 Å². The van der Waals surface area contributed by atoms with Gasteiger partial charge in [0, 0.05) is 12.1 Å². The quantitative estimate of drug-likeness (QED) is 0.375. The summed E-state index contributed by atoms with van der Waals surface area (Å²) in [6, 6.07) is 8.51. The molecule has 6 nitrogen and oxygen atoms in total. The maximum Gasteiger partial charge on any atom is 0.271 e. The number of benzene rings is 2. The lowest BCUT2D eigenvalue weighted by molar-refractivity contribution is -0.384. The van der Waals surface area contributed by atoms with Crippen LogP contribution in [-0.2, 0) is 0 Å². The number of non-ortho nitro benzene ring substituents is 1. The van der Waals surface area contributed by atoms with Crippen molar-refractivity contribution in [2.45, 2.75) is 6.92 Å². The van der Waals surface area contributed by atoms with Gasteiger partial charge in [0.2, 0.25) is 0 Å². The first-order valence-corrected chi connectivity index (χ1v) is 9.36. The zero-order valence-corrected chi connectivity index (χ0v) is 16.5. The number of nitro benzene ring substituents is 1. The second kappa shape index (κ2) is 7.84. The van der Waals surface area contributed by atoms with Crippen LogP contribution >= 0.6 is 27.3 Å². The summed E-state index contributed by atoms with van der Waals surface area (Å²) in [4.78, 5) is 14.9. The fourth-order valence-corrected chi connectivity index (χ4v) is 3.90. The standard InChI is InChI=1S/C18H15BrN2O4S/c1-3-25-15-9-11(8-13(19)18(15)24-2)4-7-17-20-14-10-12(21(22)23)5-6-16(14)26-17/h4-10H,3H2,1-2H3/b7-4+. The van der Waals surface area contributed by atoms with Crippen LogP contribution in [0.5, 0.6) is 11.5 Å². The Morgan fingerprint density at radius 3 is 2.81 bits per heavy atom. The molecule has 0 unspecified atom stereocenters. The molecule has 1 heterocycles. The van der Waals surface area contributed by atoms with E-state index >= 15 is 0 Å². The van der Waals surface area contributed by atoms with Crippen LogP contribution in [0.2, 0.25) is 0 Å². The fraction of sp³-hybridized carbons (Fsp3) is 0.167. The molecule has 0 aliphatic heterocycles. The van der Waals surface area contributed by atoms with Gasteiger partial charge in [-0.25, -0.2) is 4.98 Å². The summed E-state index contributed by atoms with van der Waals surface area (Å²) in [7, 11) is 1.60. The number of methoxy groups -OCH3 is 1. The summed E-state index contributed by atoms with van der Waals surface area (Å²) in [5.74, 6) is 1.31. The fourth-order valence-electron chi connectivity index (χ4n) is 2.43. The molecule has 0 aliphatic carbocycles. The minimum absolute atomic E-state index is 0.0405. The molecule has 0 bridgehead atoms. The molecule has 3 rings (SSSR count). The lowest BCUT2D eigenvalue weighted by Crippen LogP contribution is -1.96. The molecule has 0 N–H and O–H groups in total. The Kier molecular flexibility index (Phi) is 5.53. The summed E-state index contributed by atoms with van der Waals surface area (Å²) in [5.41, 5.74) is 1.58. The van der Waals surface area contributed by atoms with E-state index in [0.29, 0.717) is 23.6 Å². The molecular formula is C18H15BrN2O4S. The summed E-state index contributed by atoms with van der Waals surface area (Å²) in [6.07, 6.45) is 3.79. The zero-order chi connectivity index (χ0) is 18.7. The summed E-state index contributed by atoms with van der Waals surface area (Å²) < 4.78 is 12.7. The topological polar surface area (TPSA) is 74.5 Å². The summed E-state index contributed by atoms with van der Waals surface area (Å²) in [5, 5.41) is 11.6. The van der Waals surface area contributed by atoms with Gasteiger partial charge in [0.1, 0.15) is 5.01 Å². The van der Waals surface area contributed by atoms with Gasteiger partial charge in [-0.1, -0.05) is 6.08 Å². The van der Waals surface area contributed by atoms with E-state index in [4.69, 9.17) is 9.47 Å². The van der Waals surface area contributed by atoms with Gasteiger partial charge >= 0.3 is 0 Å². The van der Waals surface area contributed by atoms with Crippen LogP contribution < -0.4 is 9.47 Å². The number of ether oxygens (including phenoxy) is 2. The highest BCUT2D eigenvalue weighted by atomic mass is 79.9. The van der Waals surface area contributed by atoms with E-state index < -0.39 is 4.92 Å². The van der Waals surface area contributed by atoms with E-state index in [1.54, 1.807) is 13.2 Å². The predicted octanol–water partition coefficient (Wildman–Crippen LogP) is 5.54. The number of nitrogens with zero attached hydrogens (tertiary/aromatic N) is 2. The van der Waals surface area contributed by atoms with Crippen molar-refractivity contribution in [3.63, 3.8) is 0 Å². The average Bonchev–Trinajstić information content (AvgIpc) is 3.02. The second-order valence-corrected chi connectivity index (χ2v) is 7.18. The largest absolute Gasteiger partial charge is 0.492 e. The molecule has 3 aromatic rings. The van der Waals surface area contributed by atoms with Crippen LogP contribution in [-0.4, -0.2) is 23.6 Å². The van der Waals surface area contributed by atoms with Gasteiger partial charge in [0.05, 0.1) is 33.3 Å². The van der Waals surface area contributed by atoms with Gasteiger partial charge in [-0.2, -0.15) is 0 Å². The molecule has 0 radical (unpaired) electrons. The molecule has 1 aromatic heterocycles. The van der Waals surface area contributed by atoms with Crippen molar-refractivity contribution in [3.8, 4) is 11.5 Å². The van der Waals surface area contributed by atoms with Gasteiger partial charge in [0.25, 0.3) is 5.69 Å². The first-order valence-electron chi connectivity index (χ1n) is 7.75. The highest BCUT2D eigenvalue weighted by molar-refractivity contribution is 9.10. The lowest BCUT2D eigenvalue weighted by Gasteiger charge is -2.11. The highest BCUT2D eigenvalue weighted by Gasteiger charge is 2.11. The molecular weight excluding hydrogens is 420 g/mol. The Morgan fingerprint density at radius 2 is 2.12 bits per heavy atom. The monoisotopic (exact) mass is 434 g/mol. The molecule has 0 fully saturated rings. The minimum Gasteiger partial charge on any atom is -0.492 e. The van der Waals surface area contributed by atoms with Crippen LogP contribution in [0.3, 0.4) is 0 Å². The van der Waals surface area contributed by atoms with Gasteiger partial charge < -0.3 is 9.47 Å². The van der Waals surface area contributed by atoms with Crippen LogP contribution in [0, 0.1) is 10.1 Å². The van der Waals surface area contributed by atoms with Gasteiger partial charge in [-0.3, -0.25) is 10.1 Å². The number of halogens is 1. The number of thiazole rings is 1. The molecule has 26 heavy (non-hydrogen) atoms. The molecule has 134 valence electrons. The van der Waals surface area contributed by atoms with Crippen molar-refractivity contribution >= 4 is 55.3 Å². The van der Waals surface area contributed by atoms with E-state index in [2.05, 4.69) is 20.9 Å². The Labute approximate surface area is 162 Å². The Bertz CT molecular complexity index is 1000. The number of fused-ring (bicyclic) bond motifs is 1. The third kappa shape index (κ3) is 3.86. The van der Waals surface area contributed by atoms with Crippen LogP contribution in [0.4, 0.5) is 5.69 Å².